The van der Waals surface area contributed by atoms with Crippen molar-refractivity contribution in [2.45, 2.75) is 26.2 Å². The van der Waals surface area contributed by atoms with E-state index in [4.69, 9.17) is 0 Å². The maximum Gasteiger partial charge on any atom is 0.120 e. The molecule has 0 saturated heterocycles. The molecule has 1 aromatic rings. The van der Waals surface area contributed by atoms with E-state index in [2.05, 4.69) is 26.0 Å². The summed E-state index contributed by atoms with van der Waals surface area (Å²) in [4.78, 5) is 10.5. The van der Waals surface area contributed by atoms with Crippen LogP contribution >= 0.6 is 0 Å². The molecule has 70 valence electrons. The molecule has 1 nitrogen and oxygen atoms in total. The summed E-state index contributed by atoms with van der Waals surface area (Å²) in [6, 6.07) is 10.2. The third-order valence-corrected chi connectivity index (χ3v) is 2.38. The maximum atomic E-state index is 10.5. The minimum absolute atomic E-state index is 0.374. The Hall–Kier alpha value is -1.11. The molecular formula is C12H16O. The second-order valence-corrected chi connectivity index (χ2v) is 3.66. The zero-order valence-electron chi connectivity index (χ0n) is 8.23. The molecule has 0 spiro atoms. The Morgan fingerprint density at radius 1 is 1.23 bits per heavy atom. The molecular weight excluding hydrogens is 160 g/mol. The number of aldehydes is 1. The van der Waals surface area contributed by atoms with E-state index < -0.39 is 0 Å². The SMILES string of the molecule is CC(C)[C@H](CC=O)c1ccccc1. The molecule has 1 atom stereocenters. The van der Waals surface area contributed by atoms with Crippen molar-refractivity contribution in [3.05, 3.63) is 35.9 Å². The van der Waals surface area contributed by atoms with Crippen molar-refractivity contribution in [3.8, 4) is 0 Å². The Morgan fingerprint density at radius 3 is 2.31 bits per heavy atom. The molecule has 0 aliphatic carbocycles. The highest BCUT2D eigenvalue weighted by Gasteiger charge is 2.14. The van der Waals surface area contributed by atoms with E-state index in [9.17, 15) is 4.79 Å². The van der Waals surface area contributed by atoms with Gasteiger partial charge in [0.05, 0.1) is 0 Å². The molecule has 0 amide bonds. The van der Waals surface area contributed by atoms with Crippen molar-refractivity contribution in [2.75, 3.05) is 0 Å². The van der Waals surface area contributed by atoms with E-state index in [1.807, 2.05) is 18.2 Å². The first-order valence-electron chi connectivity index (χ1n) is 4.74. The molecule has 0 fully saturated rings. The fourth-order valence-electron chi connectivity index (χ4n) is 1.60. The fourth-order valence-corrected chi connectivity index (χ4v) is 1.60. The molecule has 0 aliphatic rings. The predicted octanol–water partition coefficient (Wildman–Crippen LogP) is 3.02. The molecule has 1 rings (SSSR count). The summed E-state index contributed by atoms with van der Waals surface area (Å²) in [5, 5.41) is 0. The normalized spacial score (nSPS) is 12.8. The Bertz CT molecular complexity index is 251. The third-order valence-electron chi connectivity index (χ3n) is 2.38. The molecule has 0 N–H and O–H groups in total. The molecule has 1 aromatic carbocycles. The van der Waals surface area contributed by atoms with E-state index in [1.54, 1.807) is 0 Å². The Morgan fingerprint density at radius 2 is 1.85 bits per heavy atom. The number of hydrogen-bond acceptors (Lipinski definition) is 1. The summed E-state index contributed by atoms with van der Waals surface area (Å²) in [6.07, 6.45) is 1.64. The van der Waals surface area contributed by atoms with Crippen LogP contribution < -0.4 is 0 Å². The van der Waals surface area contributed by atoms with Gasteiger partial charge in [-0.25, -0.2) is 0 Å². The number of carbonyl (C=O) groups excluding carboxylic acids is 1. The van der Waals surface area contributed by atoms with E-state index in [1.165, 1.54) is 5.56 Å². The van der Waals surface area contributed by atoms with Gasteiger partial charge in [0.1, 0.15) is 6.29 Å². The van der Waals surface area contributed by atoms with E-state index in [0.29, 0.717) is 18.3 Å². The Kier molecular flexibility index (Phi) is 3.69. The molecule has 0 heterocycles. The topological polar surface area (TPSA) is 17.1 Å². The van der Waals surface area contributed by atoms with Gasteiger partial charge in [0.25, 0.3) is 0 Å². The first-order valence-corrected chi connectivity index (χ1v) is 4.74. The average molecular weight is 176 g/mol. The van der Waals surface area contributed by atoms with Gasteiger partial charge in [0, 0.05) is 6.42 Å². The van der Waals surface area contributed by atoms with Crippen molar-refractivity contribution in [1.82, 2.24) is 0 Å². The maximum absolute atomic E-state index is 10.5. The molecule has 0 bridgehead atoms. The van der Waals surface area contributed by atoms with Crippen molar-refractivity contribution in [3.63, 3.8) is 0 Å². The van der Waals surface area contributed by atoms with Gasteiger partial charge in [-0.1, -0.05) is 44.2 Å². The zero-order valence-corrected chi connectivity index (χ0v) is 8.23. The van der Waals surface area contributed by atoms with E-state index >= 15 is 0 Å². The summed E-state index contributed by atoms with van der Waals surface area (Å²) >= 11 is 0. The van der Waals surface area contributed by atoms with Gasteiger partial charge in [-0.05, 0) is 17.4 Å². The highest BCUT2D eigenvalue weighted by atomic mass is 16.1. The second kappa shape index (κ2) is 4.80. The van der Waals surface area contributed by atoms with Gasteiger partial charge in [0.15, 0.2) is 0 Å². The minimum atomic E-state index is 0.374. The van der Waals surface area contributed by atoms with Crippen LogP contribution in [0.1, 0.15) is 31.7 Å². The van der Waals surface area contributed by atoms with E-state index in [0.717, 1.165) is 6.29 Å². The fraction of sp³-hybridized carbons (Fsp3) is 0.417. The van der Waals surface area contributed by atoms with Gasteiger partial charge in [-0.15, -0.1) is 0 Å². The Balaban J connectivity index is 2.82. The van der Waals surface area contributed by atoms with Crippen LogP contribution in [0.2, 0.25) is 0 Å². The summed E-state index contributed by atoms with van der Waals surface area (Å²) in [6.45, 7) is 4.31. The Labute approximate surface area is 79.8 Å². The molecule has 1 heteroatoms. The summed E-state index contributed by atoms with van der Waals surface area (Å²) in [7, 11) is 0. The lowest BCUT2D eigenvalue weighted by Crippen LogP contribution is -2.06. The number of carbonyl (C=O) groups is 1. The molecule has 0 unspecified atom stereocenters. The quantitative estimate of drug-likeness (QED) is 0.644. The van der Waals surface area contributed by atoms with Gasteiger partial charge in [-0.2, -0.15) is 0 Å². The number of benzene rings is 1. The summed E-state index contributed by atoms with van der Waals surface area (Å²) < 4.78 is 0. The van der Waals surface area contributed by atoms with Crippen LogP contribution in [0.4, 0.5) is 0 Å². The molecule has 13 heavy (non-hydrogen) atoms. The summed E-state index contributed by atoms with van der Waals surface area (Å²) in [5.41, 5.74) is 1.27. The summed E-state index contributed by atoms with van der Waals surface area (Å²) in [5.74, 6) is 0.895. The number of hydrogen-bond donors (Lipinski definition) is 0. The largest absolute Gasteiger partial charge is 0.303 e. The van der Waals surface area contributed by atoms with Crippen molar-refractivity contribution < 1.29 is 4.79 Å². The van der Waals surface area contributed by atoms with Crippen molar-refractivity contribution in [1.29, 1.82) is 0 Å². The highest BCUT2D eigenvalue weighted by molar-refractivity contribution is 5.51. The zero-order chi connectivity index (χ0) is 9.68. The van der Waals surface area contributed by atoms with Crippen molar-refractivity contribution >= 4 is 6.29 Å². The standard InChI is InChI=1S/C12H16O/c1-10(2)12(8-9-13)11-6-4-3-5-7-11/h3-7,9-10,12H,8H2,1-2H3/t12-/m0/s1. The van der Waals surface area contributed by atoms with Crippen LogP contribution in [0.25, 0.3) is 0 Å². The lowest BCUT2D eigenvalue weighted by atomic mass is 9.86. The smallest absolute Gasteiger partial charge is 0.120 e. The van der Waals surface area contributed by atoms with Crippen LogP contribution in [0.3, 0.4) is 0 Å². The third kappa shape index (κ3) is 2.69. The van der Waals surface area contributed by atoms with Crippen molar-refractivity contribution in [2.24, 2.45) is 5.92 Å². The monoisotopic (exact) mass is 176 g/mol. The minimum Gasteiger partial charge on any atom is -0.303 e. The van der Waals surface area contributed by atoms with Crippen LogP contribution in [-0.2, 0) is 4.79 Å². The van der Waals surface area contributed by atoms with Gasteiger partial charge in [-0.3, -0.25) is 0 Å². The second-order valence-electron chi connectivity index (χ2n) is 3.66. The molecule has 0 radical (unpaired) electrons. The van der Waals surface area contributed by atoms with Gasteiger partial charge >= 0.3 is 0 Å². The lowest BCUT2D eigenvalue weighted by molar-refractivity contribution is -0.108. The van der Waals surface area contributed by atoms with Gasteiger partial charge in [0.2, 0.25) is 0 Å². The van der Waals surface area contributed by atoms with Crippen LogP contribution in [0, 0.1) is 5.92 Å². The highest BCUT2D eigenvalue weighted by Crippen LogP contribution is 2.26. The molecule has 0 aliphatic heterocycles. The first-order chi connectivity index (χ1) is 6.25. The van der Waals surface area contributed by atoms with Gasteiger partial charge < -0.3 is 4.79 Å². The predicted molar refractivity (Wildman–Crippen MR) is 54.7 cm³/mol. The average Bonchev–Trinajstić information content (AvgIpc) is 2.15. The molecule has 0 saturated carbocycles. The molecule has 0 aromatic heterocycles. The van der Waals surface area contributed by atoms with E-state index in [-0.39, 0.29) is 0 Å². The number of rotatable bonds is 4. The van der Waals surface area contributed by atoms with Crippen LogP contribution in [0.5, 0.6) is 0 Å². The van der Waals surface area contributed by atoms with Crippen LogP contribution in [0.15, 0.2) is 30.3 Å². The first kappa shape index (κ1) is 9.97. The lowest BCUT2D eigenvalue weighted by Gasteiger charge is -2.18. The van der Waals surface area contributed by atoms with Crippen LogP contribution in [-0.4, -0.2) is 6.29 Å².